The van der Waals surface area contributed by atoms with Gasteiger partial charge in [0.2, 0.25) is 0 Å². The van der Waals surface area contributed by atoms with Gasteiger partial charge < -0.3 is 0 Å². The fourth-order valence-electron chi connectivity index (χ4n) is 2.15. The zero-order valence-corrected chi connectivity index (χ0v) is 13.0. The molecular formula is C17H31F3. The van der Waals surface area contributed by atoms with E-state index >= 15 is 0 Å². The third kappa shape index (κ3) is 9.44. The molecule has 0 unspecified atom stereocenters. The van der Waals surface area contributed by atoms with Crippen LogP contribution in [-0.2, 0) is 0 Å². The highest BCUT2D eigenvalue weighted by Gasteiger charge is 2.27. The standard InChI is InChI=1S/C17H31F3/c1-2-3-4-5-6-7-8-9-10-11-12-13-17(14-18,15-19)16-20/h12-13H,2-11,14-16H2,1H3. The highest BCUT2D eigenvalue weighted by atomic mass is 19.1. The molecule has 0 aromatic carbocycles. The quantitative estimate of drug-likeness (QED) is 0.258. The second-order valence-corrected chi connectivity index (χ2v) is 5.78. The molecule has 0 nitrogen and oxygen atoms in total. The molecule has 0 aromatic rings. The predicted octanol–water partition coefficient (Wildman–Crippen LogP) is 6.36. The maximum atomic E-state index is 12.6. The van der Waals surface area contributed by atoms with E-state index in [9.17, 15) is 13.2 Å². The molecule has 0 heterocycles. The summed E-state index contributed by atoms with van der Waals surface area (Å²) < 4.78 is 37.8. The molecule has 0 bridgehead atoms. The van der Waals surface area contributed by atoms with Gasteiger partial charge in [-0.15, -0.1) is 0 Å². The van der Waals surface area contributed by atoms with Gasteiger partial charge in [-0.05, 0) is 12.8 Å². The zero-order valence-electron chi connectivity index (χ0n) is 13.0. The molecule has 20 heavy (non-hydrogen) atoms. The van der Waals surface area contributed by atoms with Crippen molar-refractivity contribution >= 4 is 0 Å². The van der Waals surface area contributed by atoms with Crippen molar-refractivity contribution in [1.29, 1.82) is 0 Å². The Balaban J connectivity index is 3.47. The van der Waals surface area contributed by atoms with Crippen LogP contribution in [0.3, 0.4) is 0 Å². The Morgan fingerprint density at radius 3 is 1.60 bits per heavy atom. The number of hydrogen-bond donors (Lipinski definition) is 0. The topological polar surface area (TPSA) is 0 Å². The van der Waals surface area contributed by atoms with Crippen LogP contribution >= 0.6 is 0 Å². The van der Waals surface area contributed by atoms with E-state index in [-0.39, 0.29) is 0 Å². The highest BCUT2D eigenvalue weighted by molar-refractivity contribution is 4.99. The summed E-state index contributed by atoms with van der Waals surface area (Å²) in [5.41, 5.74) is -1.51. The van der Waals surface area contributed by atoms with Gasteiger partial charge in [0, 0.05) is 0 Å². The Bertz CT molecular complexity index is 214. The lowest BCUT2D eigenvalue weighted by Gasteiger charge is -2.19. The van der Waals surface area contributed by atoms with E-state index in [1.54, 1.807) is 6.08 Å². The summed E-state index contributed by atoms with van der Waals surface area (Å²) in [6.07, 6.45) is 15.2. The van der Waals surface area contributed by atoms with Crippen LogP contribution in [0, 0.1) is 5.41 Å². The Hall–Kier alpha value is -0.470. The minimum absolute atomic E-state index is 0.789. The van der Waals surface area contributed by atoms with Gasteiger partial charge in [-0.1, -0.05) is 70.4 Å². The second kappa shape index (κ2) is 13.5. The monoisotopic (exact) mass is 292 g/mol. The number of alkyl halides is 3. The summed E-state index contributed by atoms with van der Waals surface area (Å²) in [6, 6.07) is 0. The predicted molar refractivity (Wildman–Crippen MR) is 81.3 cm³/mol. The molecule has 3 heteroatoms. The van der Waals surface area contributed by atoms with Crippen LogP contribution in [0.15, 0.2) is 12.2 Å². The van der Waals surface area contributed by atoms with E-state index in [0.717, 1.165) is 19.3 Å². The minimum atomic E-state index is -1.51. The molecule has 0 fully saturated rings. The van der Waals surface area contributed by atoms with E-state index in [0.29, 0.717) is 0 Å². The fourth-order valence-corrected chi connectivity index (χ4v) is 2.15. The average molecular weight is 292 g/mol. The van der Waals surface area contributed by atoms with Gasteiger partial charge in [0.05, 0.1) is 5.41 Å². The van der Waals surface area contributed by atoms with Crippen molar-refractivity contribution in [2.24, 2.45) is 5.41 Å². The first-order chi connectivity index (χ1) is 9.74. The molecule has 0 aromatic heterocycles. The van der Waals surface area contributed by atoms with Crippen molar-refractivity contribution in [2.45, 2.75) is 71.1 Å². The SMILES string of the molecule is CCCCCCCCCCCC=CC(CF)(CF)CF. The van der Waals surface area contributed by atoms with Crippen LogP contribution in [0.5, 0.6) is 0 Å². The summed E-state index contributed by atoms with van der Waals surface area (Å²) in [7, 11) is 0. The maximum absolute atomic E-state index is 12.6. The largest absolute Gasteiger partial charge is 0.250 e. The third-order valence-electron chi connectivity index (χ3n) is 3.74. The smallest absolute Gasteiger partial charge is 0.104 e. The van der Waals surface area contributed by atoms with Crippen LogP contribution < -0.4 is 0 Å². The van der Waals surface area contributed by atoms with E-state index in [4.69, 9.17) is 0 Å². The second-order valence-electron chi connectivity index (χ2n) is 5.78. The van der Waals surface area contributed by atoms with Crippen molar-refractivity contribution in [2.75, 3.05) is 20.0 Å². The molecule has 0 radical (unpaired) electrons. The van der Waals surface area contributed by atoms with Crippen LogP contribution in [0.1, 0.15) is 71.1 Å². The highest BCUT2D eigenvalue weighted by Crippen LogP contribution is 2.22. The van der Waals surface area contributed by atoms with Crippen LogP contribution in [-0.4, -0.2) is 20.0 Å². The van der Waals surface area contributed by atoms with E-state index in [2.05, 4.69) is 6.92 Å². The lowest BCUT2D eigenvalue weighted by molar-refractivity contribution is 0.163. The maximum Gasteiger partial charge on any atom is 0.104 e. The van der Waals surface area contributed by atoms with Crippen LogP contribution in [0.2, 0.25) is 0 Å². The molecule has 120 valence electrons. The van der Waals surface area contributed by atoms with Crippen molar-refractivity contribution in [3.05, 3.63) is 12.2 Å². The van der Waals surface area contributed by atoms with Crippen molar-refractivity contribution in [3.63, 3.8) is 0 Å². The minimum Gasteiger partial charge on any atom is -0.250 e. The third-order valence-corrected chi connectivity index (χ3v) is 3.74. The van der Waals surface area contributed by atoms with Gasteiger partial charge >= 0.3 is 0 Å². The Labute approximate surface area is 122 Å². The zero-order chi connectivity index (χ0) is 15.1. The molecule has 0 saturated carbocycles. The van der Waals surface area contributed by atoms with Gasteiger partial charge in [-0.25, -0.2) is 13.2 Å². The molecule has 0 rings (SSSR count). The van der Waals surface area contributed by atoms with Gasteiger partial charge in [-0.2, -0.15) is 0 Å². The molecule has 0 N–H and O–H groups in total. The Morgan fingerprint density at radius 2 is 1.15 bits per heavy atom. The normalized spacial score (nSPS) is 12.4. The molecule has 0 aliphatic carbocycles. The lowest BCUT2D eigenvalue weighted by atomic mass is 9.92. The average Bonchev–Trinajstić information content (AvgIpc) is 2.49. The summed E-state index contributed by atoms with van der Waals surface area (Å²) in [5.74, 6) is 0. The number of halogens is 3. The molecule has 0 saturated heterocycles. The number of allylic oxidation sites excluding steroid dienone is 2. The van der Waals surface area contributed by atoms with Gasteiger partial charge in [0.25, 0.3) is 0 Å². The lowest BCUT2D eigenvalue weighted by Crippen LogP contribution is -2.25. The number of rotatable bonds is 14. The molecule has 0 atom stereocenters. The first-order valence-electron chi connectivity index (χ1n) is 8.10. The van der Waals surface area contributed by atoms with Gasteiger partial charge in [0.1, 0.15) is 20.0 Å². The molecular weight excluding hydrogens is 261 g/mol. The number of hydrogen-bond acceptors (Lipinski definition) is 0. The van der Waals surface area contributed by atoms with Gasteiger partial charge in [-0.3, -0.25) is 0 Å². The Morgan fingerprint density at radius 1 is 0.700 bits per heavy atom. The van der Waals surface area contributed by atoms with Crippen LogP contribution in [0.4, 0.5) is 13.2 Å². The van der Waals surface area contributed by atoms with E-state index in [1.807, 2.05) is 0 Å². The first kappa shape index (κ1) is 19.5. The molecule has 0 aliphatic rings. The first-order valence-corrected chi connectivity index (χ1v) is 8.10. The fraction of sp³-hybridized carbons (Fsp3) is 0.882. The Kier molecular flexibility index (Phi) is 13.2. The van der Waals surface area contributed by atoms with Gasteiger partial charge in [0.15, 0.2) is 0 Å². The van der Waals surface area contributed by atoms with Crippen molar-refractivity contribution in [3.8, 4) is 0 Å². The van der Waals surface area contributed by atoms with Crippen molar-refractivity contribution in [1.82, 2.24) is 0 Å². The molecule has 0 spiro atoms. The van der Waals surface area contributed by atoms with Crippen LogP contribution in [0.25, 0.3) is 0 Å². The summed E-state index contributed by atoms with van der Waals surface area (Å²) >= 11 is 0. The summed E-state index contributed by atoms with van der Waals surface area (Å²) in [5, 5.41) is 0. The summed E-state index contributed by atoms with van der Waals surface area (Å²) in [6.45, 7) is -0.673. The summed E-state index contributed by atoms with van der Waals surface area (Å²) in [4.78, 5) is 0. The molecule has 0 aliphatic heterocycles. The van der Waals surface area contributed by atoms with E-state index < -0.39 is 25.4 Å². The number of unbranched alkanes of at least 4 members (excludes halogenated alkanes) is 9. The van der Waals surface area contributed by atoms with Crippen molar-refractivity contribution < 1.29 is 13.2 Å². The van der Waals surface area contributed by atoms with E-state index in [1.165, 1.54) is 51.0 Å². The molecule has 0 amide bonds.